The van der Waals surface area contributed by atoms with Crippen LogP contribution in [0.25, 0.3) is 44.2 Å². The average molecular weight is 865 g/mol. The predicted molar refractivity (Wildman–Crippen MR) is 239 cm³/mol. The van der Waals surface area contributed by atoms with Gasteiger partial charge in [-0.1, -0.05) is 62.7 Å². The Labute approximate surface area is 370 Å². The van der Waals surface area contributed by atoms with E-state index in [1.165, 1.54) is 14.2 Å². The molecule has 1 saturated carbocycles. The number of aromatic nitrogens is 4. The third-order valence-corrected chi connectivity index (χ3v) is 13.8. The van der Waals surface area contributed by atoms with E-state index < -0.39 is 24.3 Å². The number of aromatic amines is 2. The Morgan fingerprint density at radius 3 is 2.44 bits per heavy atom. The van der Waals surface area contributed by atoms with Crippen molar-refractivity contribution in [1.82, 2.24) is 40.4 Å². The van der Waals surface area contributed by atoms with E-state index in [0.717, 1.165) is 99.9 Å². The summed E-state index contributed by atoms with van der Waals surface area (Å²) in [6.07, 6.45) is 5.95. The van der Waals surface area contributed by atoms with Gasteiger partial charge < -0.3 is 44.6 Å². The number of carbonyl (C=O) groups excluding carboxylic acids is 4. The first-order chi connectivity index (χ1) is 31.1. The molecule has 15 nitrogen and oxygen atoms in total. The van der Waals surface area contributed by atoms with E-state index >= 15 is 0 Å². The van der Waals surface area contributed by atoms with E-state index in [1.54, 1.807) is 11.1 Å². The molecule has 0 spiro atoms. The number of likely N-dealkylation sites (tertiary alicyclic amines) is 2. The van der Waals surface area contributed by atoms with Crippen molar-refractivity contribution in [1.29, 1.82) is 0 Å². The lowest BCUT2D eigenvalue weighted by Gasteiger charge is -2.33. The van der Waals surface area contributed by atoms with Crippen LogP contribution in [0.2, 0.25) is 0 Å². The molecule has 10 rings (SSSR count). The number of imidazole rings is 2. The first-order valence-corrected chi connectivity index (χ1v) is 22.2. The zero-order valence-electron chi connectivity index (χ0n) is 36.4. The van der Waals surface area contributed by atoms with Crippen LogP contribution in [0.5, 0.6) is 5.75 Å². The van der Waals surface area contributed by atoms with E-state index in [-0.39, 0.29) is 35.9 Å². The number of carbonyl (C=O) groups is 4. The summed E-state index contributed by atoms with van der Waals surface area (Å²) in [5.41, 5.74) is 7.26. The molecule has 5 heterocycles. The van der Waals surface area contributed by atoms with Gasteiger partial charge in [0, 0.05) is 29.1 Å². The minimum atomic E-state index is -0.897. The summed E-state index contributed by atoms with van der Waals surface area (Å²) in [5, 5.41) is 7.57. The average Bonchev–Trinajstić information content (AvgIpc) is 4.17. The summed E-state index contributed by atoms with van der Waals surface area (Å²) in [6, 6.07) is 21.9. The Hall–Kier alpha value is -6.90. The van der Waals surface area contributed by atoms with Crippen LogP contribution < -0.4 is 15.4 Å². The van der Waals surface area contributed by atoms with Gasteiger partial charge in [0.2, 0.25) is 5.91 Å². The summed E-state index contributed by atoms with van der Waals surface area (Å²) in [7, 11) is 2.59. The van der Waals surface area contributed by atoms with Crippen molar-refractivity contribution in [2.75, 3.05) is 20.8 Å². The largest absolute Gasteiger partial charge is 0.488 e. The molecule has 3 fully saturated rings. The van der Waals surface area contributed by atoms with Crippen LogP contribution in [-0.2, 0) is 25.7 Å². The van der Waals surface area contributed by atoms with Gasteiger partial charge in [0.15, 0.2) is 0 Å². The zero-order valence-corrected chi connectivity index (χ0v) is 36.4. The number of fused-ring (bicyclic) bond motifs is 7. The standard InChI is InChI=1S/C49H52N8O7/c1-26(2)41(54-48(60)62-3)47(59)57-37-13-8-12-30(37)22-39(57)45-51-35-18-16-28-20-33-31(21-34(28)43(35)53-45)25-64-40-23-29(15-17-32(33)40)36-24-50-44(52-36)38-14-9-19-56(38)46(58)42(55-49(61)63-4)27-10-6-5-7-11-27/h5-7,10-11,15-18,20-21,23-24,26,30,37-39,41-42H,8-9,12-14,19,22,25H2,1-4H3,(H,50,52)(H,51,53)(H,54,60)(H,55,61)/t30-,37-,38?,39-,41-,42+/m0/s1. The minimum Gasteiger partial charge on any atom is -0.488 e. The SMILES string of the molecule is COC(=O)N[C@H](C(=O)N1[C@H](c2nc3c(ccc4cc5c(cc43)COc3cc(-c4cnc(C6CCCN6C(=O)[C@H](NC(=O)OC)c6ccccc6)[nH]4)ccc3-5)[nH]2)C[C@@H]2CCC[C@@H]21)C(C)C. The van der Waals surface area contributed by atoms with Crippen molar-refractivity contribution in [2.45, 2.75) is 89.2 Å². The van der Waals surface area contributed by atoms with Crippen LogP contribution in [0.3, 0.4) is 0 Å². The maximum atomic E-state index is 14.3. The number of rotatable bonds is 9. The summed E-state index contributed by atoms with van der Waals surface area (Å²) in [4.78, 5) is 73.8. The van der Waals surface area contributed by atoms with Crippen LogP contribution in [0.1, 0.15) is 93.3 Å². The molecule has 64 heavy (non-hydrogen) atoms. The number of hydrogen-bond acceptors (Lipinski definition) is 9. The molecule has 4 N–H and O–H groups in total. The fraction of sp³-hybridized carbons (Fsp3) is 0.388. The molecular weight excluding hydrogens is 813 g/mol. The fourth-order valence-electron chi connectivity index (χ4n) is 10.6. The van der Waals surface area contributed by atoms with E-state index in [1.807, 2.05) is 55.1 Å². The summed E-state index contributed by atoms with van der Waals surface area (Å²) in [6.45, 7) is 4.79. The number of nitrogens with zero attached hydrogens (tertiary/aromatic N) is 4. The summed E-state index contributed by atoms with van der Waals surface area (Å²) < 4.78 is 16.2. The molecule has 2 aromatic heterocycles. The van der Waals surface area contributed by atoms with Crippen LogP contribution in [0.15, 0.2) is 79.0 Å². The van der Waals surface area contributed by atoms with E-state index in [9.17, 15) is 19.2 Å². The lowest BCUT2D eigenvalue weighted by Crippen LogP contribution is -2.53. The van der Waals surface area contributed by atoms with Gasteiger partial charge in [-0.3, -0.25) is 9.59 Å². The Balaban J connectivity index is 0.906. The Morgan fingerprint density at radius 2 is 1.64 bits per heavy atom. The van der Waals surface area contributed by atoms with Gasteiger partial charge in [0.1, 0.15) is 36.1 Å². The van der Waals surface area contributed by atoms with Gasteiger partial charge in [0.25, 0.3) is 5.91 Å². The van der Waals surface area contributed by atoms with Crippen LogP contribution in [0, 0.1) is 11.8 Å². The predicted octanol–water partition coefficient (Wildman–Crippen LogP) is 8.25. The number of ether oxygens (including phenoxy) is 3. The minimum absolute atomic E-state index is 0.0952. The maximum Gasteiger partial charge on any atom is 0.407 e. The molecule has 1 unspecified atom stereocenters. The Kier molecular flexibility index (Phi) is 10.7. The maximum absolute atomic E-state index is 14.3. The highest BCUT2D eigenvalue weighted by Crippen LogP contribution is 2.48. The molecule has 0 bridgehead atoms. The van der Waals surface area contributed by atoms with Crippen molar-refractivity contribution < 1.29 is 33.4 Å². The first-order valence-electron chi connectivity index (χ1n) is 22.2. The highest BCUT2D eigenvalue weighted by molar-refractivity contribution is 6.06. The first kappa shape index (κ1) is 41.1. The third kappa shape index (κ3) is 7.25. The van der Waals surface area contributed by atoms with E-state index in [2.05, 4.69) is 57.0 Å². The quantitative estimate of drug-likeness (QED) is 0.111. The number of methoxy groups -OCH3 is 2. The lowest BCUT2D eigenvalue weighted by atomic mass is 9.92. The van der Waals surface area contributed by atoms with Gasteiger partial charge in [-0.2, -0.15) is 0 Å². The number of benzene rings is 4. The van der Waals surface area contributed by atoms with Crippen molar-refractivity contribution in [3.8, 4) is 28.1 Å². The van der Waals surface area contributed by atoms with Crippen LogP contribution >= 0.6 is 0 Å². The molecule has 15 heteroatoms. The molecular formula is C49H52N8O7. The number of hydrogen-bond donors (Lipinski definition) is 4. The number of amides is 4. The van der Waals surface area contributed by atoms with Gasteiger partial charge in [-0.25, -0.2) is 19.6 Å². The third-order valence-electron chi connectivity index (χ3n) is 13.8. The number of nitrogens with one attached hydrogen (secondary N) is 4. The van der Waals surface area contributed by atoms with Crippen molar-refractivity contribution in [3.05, 3.63) is 102 Å². The molecule has 4 aliphatic rings. The molecule has 3 aliphatic heterocycles. The van der Waals surface area contributed by atoms with Gasteiger partial charge >= 0.3 is 12.2 Å². The van der Waals surface area contributed by atoms with E-state index in [4.69, 9.17) is 24.2 Å². The fourth-order valence-corrected chi connectivity index (χ4v) is 10.6. The molecule has 4 amide bonds. The van der Waals surface area contributed by atoms with E-state index in [0.29, 0.717) is 30.5 Å². The van der Waals surface area contributed by atoms with Crippen LogP contribution in [-0.4, -0.2) is 86.6 Å². The second kappa shape index (κ2) is 16.7. The van der Waals surface area contributed by atoms with Crippen molar-refractivity contribution in [2.24, 2.45) is 11.8 Å². The lowest BCUT2D eigenvalue weighted by molar-refractivity contribution is -0.138. The highest BCUT2D eigenvalue weighted by Gasteiger charge is 2.49. The van der Waals surface area contributed by atoms with Crippen molar-refractivity contribution >= 4 is 45.8 Å². The molecule has 330 valence electrons. The number of H-pyrrole nitrogens is 2. The second-order valence-corrected chi connectivity index (χ2v) is 17.8. The molecule has 2 saturated heterocycles. The Morgan fingerprint density at radius 1 is 0.828 bits per heavy atom. The molecule has 4 aromatic carbocycles. The van der Waals surface area contributed by atoms with Gasteiger partial charge in [0.05, 0.1) is 49.2 Å². The molecule has 6 aromatic rings. The molecule has 0 radical (unpaired) electrons. The topological polar surface area (TPSA) is 184 Å². The monoisotopic (exact) mass is 864 g/mol. The van der Waals surface area contributed by atoms with Gasteiger partial charge in [-0.15, -0.1) is 0 Å². The van der Waals surface area contributed by atoms with Crippen LogP contribution in [0.4, 0.5) is 9.59 Å². The summed E-state index contributed by atoms with van der Waals surface area (Å²) >= 11 is 0. The molecule has 1 aliphatic carbocycles. The second-order valence-electron chi connectivity index (χ2n) is 17.8. The number of alkyl carbamates (subject to hydrolysis) is 2. The smallest absolute Gasteiger partial charge is 0.407 e. The van der Waals surface area contributed by atoms with Crippen molar-refractivity contribution in [3.63, 3.8) is 0 Å². The Bertz CT molecular complexity index is 2780. The summed E-state index contributed by atoms with van der Waals surface area (Å²) in [5.74, 6) is 2.15. The highest BCUT2D eigenvalue weighted by atomic mass is 16.5. The zero-order chi connectivity index (χ0) is 44.2. The molecule has 6 atom stereocenters. The normalized spacial score (nSPS) is 21.0. The van der Waals surface area contributed by atoms with Gasteiger partial charge in [-0.05, 0) is 96.3 Å².